The number of aromatic nitrogens is 3. The lowest BCUT2D eigenvalue weighted by Crippen LogP contribution is -2.09. The normalized spacial score (nSPS) is 12.8. The third-order valence-electron chi connectivity index (χ3n) is 1.45. The molecule has 0 amide bonds. The Hall–Kier alpha value is -1.17. The molecule has 72 valence electrons. The number of nitro groups is 1. The van der Waals surface area contributed by atoms with Crippen LogP contribution < -0.4 is 0 Å². The molecule has 1 atom stereocenters. The highest BCUT2D eigenvalue weighted by molar-refractivity contribution is 6.18. The average molecular weight is 205 g/mol. The zero-order valence-corrected chi connectivity index (χ0v) is 7.81. The van der Waals surface area contributed by atoms with Crippen LogP contribution in [0.2, 0.25) is 0 Å². The van der Waals surface area contributed by atoms with Gasteiger partial charge in [0.15, 0.2) is 0 Å². The molecule has 0 fully saturated rings. The van der Waals surface area contributed by atoms with Crippen LogP contribution in [-0.4, -0.2) is 25.6 Å². The van der Waals surface area contributed by atoms with Crippen molar-refractivity contribution in [2.75, 3.05) is 5.88 Å². The Morgan fingerprint density at radius 1 is 1.85 bits per heavy atom. The van der Waals surface area contributed by atoms with E-state index in [-0.39, 0.29) is 11.9 Å². The van der Waals surface area contributed by atoms with E-state index >= 15 is 0 Å². The van der Waals surface area contributed by atoms with Crippen molar-refractivity contribution in [2.45, 2.75) is 13.5 Å². The van der Waals surface area contributed by atoms with Crippen LogP contribution in [0.3, 0.4) is 0 Å². The first kappa shape index (κ1) is 9.91. The van der Waals surface area contributed by atoms with Gasteiger partial charge in [0.1, 0.15) is 0 Å². The molecule has 0 aliphatic carbocycles. The van der Waals surface area contributed by atoms with E-state index in [4.69, 9.17) is 11.6 Å². The maximum Gasteiger partial charge on any atom is 0.490 e. The summed E-state index contributed by atoms with van der Waals surface area (Å²) >= 11 is 5.58. The molecule has 0 N–H and O–H groups in total. The van der Waals surface area contributed by atoms with E-state index in [1.165, 1.54) is 11.0 Å². The zero-order chi connectivity index (χ0) is 9.84. The first-order valence-corrected chi connectivity index (χ1v) is 4.26. The maximum absolute atomic E-state index is 10.2. The molecule has 1 aromatic heterocycles. The quantitative estimate of drug-likeness (QED) is 0.418. The van der Waals surface area contributed by atoms with E-state index in [1.54, 1.807) is 0 Å². The highest BCUT2D eigenvalue weighted by Gasteiger charge is 2.14. The minimum absolute atomic E-state index is 0.225. The lowest BCUT2D eigenvalue weighted by Gasteiger charge is -2.02. The van der Waals surface area contributed by atoms with Crippen molar-refractivity contribution in [1.82, 2.24) is 14.8 Å². The molecule has 0 aromatic carbocycles. The van der Waals surface area contributed by atoms with Crippen molar-refractivity contribution in [3.63, 3.8) is 0 Å². The molecule has 0 saturated carbocycles. The van der Waals surface area contributed by atoms with Gasteiger partial charge in [-0.05, 0) is 10.8 Å². The summed E-state index contributed by atoms with van der Waals surface area (Å²) in [5, 5.41) is 13.9. The van der Waals surface area contributed by atoms with Gasteiger partial charge < -0.3 is 10.1 Å². The number of rotatable bonds is 4. The summed E-state index contributed by atoms with van der Waals surface area (Å²) in [6.45, 7) is 2.48. The summed E-state index contributed by atoms with van der Waals surface area (Å²) in [5.41, 5.74) is 0. The van der Waals surface area contributed by atoms with Gasteiger partial charge in [-0.3, -0.25) is 0 Å². The van der Waals surface area contributed by atoms with Gasteiger partial charge in [0.05, 0.1) is 6.54 Å². The van der Waals surface area contributed by atoms with Gasteiger partial charge >= 0.3 is 5.95 Å². The van der Waals surface area contributed by atoms with Gasteiger partial charge in [0.2, 0.25) is 6.33 Å². The van der Waals surface area contributed by atoms with Crippen LogP contribution in [0.25, 0.3) is 0 Å². The molecule has 1 aromatic rings. The Bertz CT molecular complexity index is 301. The SMILES string of the molecule is CC(CCl)Cn1cnc([N+](=O)[O-])n1. The van der Waals surface area contributed by atoms with E-state index in [2.05, 4.69) is 10.1 Å². The molecule has 7 heteroatoms. The number of hydrogen-bond donors (Lipinski definition) is 0. The molecule has 1 unspecified atom stereocenters. The summed E-state index contributed by atoms with van der Waals surface area (Å²) in [6, 6.07) is 0. The Labute approximate surface area is 79.7 Å². The molecular formula is C6H9ClN4O2. The van der Waals surface area contributed by atoms with Gasteiger partial charge in [0, 0.05) is 11.0 Å². The van der Waals surface area contributed by atoms with E-state index in [0.717, 1.165) is 0 Å². The van der Waals surface area contributed by atoms with Crippen molar-refractivity contribution < 1.29 is 4.92 Å². The van der Waals surface area contributed by atoms with Gasteiger partial charge in [-0.1, -0.05) is 11.9 Å². The second kappa shape index (κ2) is 4.18. The number of hydrogen-bond acceptors (Lipinski definition) is 4. The summed E-state index contributed by atoms with van der Waals surface area (Å²) in [6.07, 6.45) is 1.33. The number of halogens is 1. The molecule has 6 nitrogen and oxygen atoms in total. The Morgan fingerprint density at radius 3 is 3.00 bits per heavy atom. The van der Waals surface area contributed by atoms with Crippen molar-refractivity contribution in [3.8, 4) is 0 Å². The van der Waals surface area contributed by atoms with Gasteiger partial charge in [0.25, 0.3) is 0 Å². The van der Waals surface area contributed by atoms with Gasteiger partial charge in [-0.15, -0.1) is 11.6 Å². The smallest absolute Gasteiger partial charge is 0.390 e. The van der Waals surface area contributed by atoms with Crippen LogP contribution in [0.4, 0.5) is 5.95 Å². The number of nitrogens with zero attached hydrogens (tertiary/aromatic N) is 4. The summed E-state index contributed by atoms with van der Waals surface area (Å²) in [4.78, 5) is 13.1. The largest absolute Gasteiger partial charge is 0.490 e. The van der Waals surface area contributed by atoms with E-state index in [0.29, 0.717) is 12.4 Å². The van der Waals surface area contributed by atoms with Crippen LogP contribution in [0.5, 0.6) is 0 Å². The van der Waals surface area contributed by atoms with Crippen molar-refractivity contribution in [1.29, 1.82) is 0 Å². The predicted molar refractivity (Wildman–Crippen MR) is 46.6 cm³/mol. The third kappa shape index (κ3) is 2.66. The van der Waals surface area contributed by atoms with Crippen LogP contribution in [0, 0.1) is 16.0 Å². The standard InChI is InChI=1S/C6H9ClN4O2/c1-5(2-7)3-10-4-8-6(9-10)11(12)13/h4-5H,2-3H2,1H3. The van der Waals surface area contributed by atoms with Crippen LogP contribution in [0.15, 0.2) is 6.33 Å². The molecule has 13 heavy (non-hydrogen) atoms. The van der Waals surface area contributed by atoms with Crippen LogP contribution in [0.1, 0.15) is 6.92 Å². The minimum atomic E-state index is -0.623. The van der Waals surface area contributed by atoms with Crippen LogP contribution in [-0.2, 0) is 6.54 Å². The fourth-order valence-electron chi connectivity index (χ4n) is 0.825. The monoisotopic (exact) mass is 204 g/mol. The molecule has 0 bridgehead atoms. The fourth-order valence-corrected chi connectivity index (χ4v) is 0.922. The van der Waals surface area contributed by atoms with E-state index in [1.807, 2.05) is 6.92 Å². The highest BCUT2D eigenvalue weighted by atomic mass is 35.5. The molecule has 0 saturated heterocycles. The lowest BCUT2D eigenvalue weighted by molar-refractivity contribution is -0.394. The second-order valence-corrected chi connectivity index (χ2v) is 3.09. The second-order valence-electron chi connectivity index (χ2n) is 2.78. The first-order chi connectivity index (χ1) is 6.13. The lowest BCUT2D eigenvalue weighted by atomic mass is 10.2. The fraction of sp³-hybridized carbons (Fsp3) is 0.667. The van der Waals surface area contributed by atoms with E-state index in [9.17, 15) is 10.1 Å². The summed E-state index contributed by atoms with van der Waals surface area (Å²) in [5.74, 6) is 0.345. The third-order valence-corrected chi connectivity index (χ3v) is 1.98. The molecule has 0 spiro atoms. The average Bonchev–Trinajstić information content (AvgIpc) is 2.52. The van der Waals surface area contributed by atoms with Crippen molar-refractivity contribution in [3.05, 3.63) is 16.4 Å². The molecule has 0 aliphatic heterocycles. The predicted octanol–water partition coefficient (Wildman–Crippen LogP) is 1.06. The summed E-state index contributed by atoms with van der Waals surface area (Å²) < 4.78 is 1.42. The molecule has 1 rings (SSSR count). The molecule has 0 aliphatic rings. The van der Waals surface area contributed by atoms with E-state index < -0.39 is 4.92 Å². The first-order valence-electron chi connectivity index (χ1n) is 3.73. The highest BCUT2D eigenvalue weighted by Crippen LogP contribution is 2.04. The Kier molecular flexibility index (Phi) is 3.18. The molecule has 0 radical (unpaired) electrons. The molecule has 1 heterocycles. The Morgan fingerprint density at radius 2 is 2.54 bits per heavy atom. The van der Waals surface area contributed by atoms with Crippen LogP contribution >= 0.6 is 11.6 Å². The van der Waals surface area contributed by atoms with Gasteiger partial charge in [-0.25, -0.2) is 0 Å². The van der Waals surface area contributed by atoms with Gasteiger partial charge in [-0.2, -0.15) is 4.68 Å². The number of alkyl halides is 1. The minimum Gasteiger partial charge on any atom is -0.390 e. The molecular weight excluding hydrogens is 196 g/mol. The summed E-state index contributed by atoms with van der Waals surface area (Å²) in [7, 11) is 0. The Balaban J connectivity index is 2.64. The van der Waals surface area contributed by atoms with Crippen molar-refractivity contribution in [2.24, 2.45) is 5.92 Å². The topological polar surface area (TPSA) is 73.8 Å². The maximum atomic E-state index is 10.2. The zero-order valence-electron chi connectivity index (χ0n) is 7.05. The van der Waals surface area contributed by atoms with Crippen molar-refractivity contribution >= 4 is 17.5 Å².